The Hall–Kier alpha value is -4.46. The second-order valence-electron chi connectivity index (χ2n) is 7.84. The third-order valence-corrected chi connectivity index (χ3v) is 5.50. The average Bonchev–Trinajstić information content (AvgIpc) is 2.83. The maximum Gasteiger partial charge on any atom is 0.343 e. The Kier molecular flexibility index (Phi) is 5.55. The molecule has 3 aromatic rings. The first kappa shape index (κ1) is 21.4. The van der Waals surface area contributed by atoms with Crippen molar-refractivity contribution in [1.82, 2.24) is 0 Å². The van der Waals surface area contributed by atoms with Crippen molar-refractivity contribution in [2.45, 2.75) is 25.7 Å². The number of hydrogen-bond donors (Lipinski definition) is 0. The fourth-order valence-electron chi connectivity index (χ4n) is 3.69. The number of carbonyl (C=O) groups excluding carboxylic acids is 4. The molecule has 8 nitrogen and oxygen atoms in total. The van der Waals surface area contributed by atoms with Gasteiger partial charge in [0.25, 0.3) is 0 Å². The van der Waals surface area contributed by atoms with Crippen LogP contribution in [0.3, 0.4) is 0 Å². The van der Waals surface area contributed by atoms with Gasteiger partial charge in [-0.25, -0.2) is 9.59 Å². The van der Waals surface area contributed by atoms with Crippen molar-refractivity contribution in [3.63, 3.8) is 0 Å². The number of rotatable bonds is 4. The zero-order valence-corrected chi connectivity index (χ0v) is 17.9. The van der Waals surface area contributed by atoms with Crippen LogP contribution in [-0.4, -0.2) is 23.9 Å². The summed E-state index contributed by atoms with van der Waals surface area (Å²) in [4.78, 5) is 47.9. The molecule has 34 heavy (non-hydrogen) atoms. The van der Waals surface area contributed by atoms with Gasteiger partial charge in [-0.2, -0.15) is 0 Å². The largest absolute Gasteiger partial charge is 0.426 e. The van der Waals surface area contributed by atoms with Gasteiger partial charge in [0, 0.05) is 12.1 Å². The fourth-order valence-corrected chi connectivity index (χ4v) is 3.69. The minimum Gasteiger partial charge on any atom is -0.426 e. The molecule has 0 spiro atoms. The van der Waals surface area contributed by atoms with Gasteiger partial charge in [-0.1, -0.05) is 12.1 Å². The quantitative estimate of drug-likeness (QED) is 0.429. The molecule has 2 aliphatic rings. The molecule has 3 aromatic carbocycles. The maximum atomic E-state index is 12.5. The van der Waals surface area contributed by atoms with Crippen LogP contribution in [0.15, 0.2) is 60.7 Å². The molecule has 0 aromatic heterocycles. The topological polar surface area (TPSA) is 105 Å². The van der Waals surface area contributed by atoms with E-state index in [-0.39, 0.29) is 34.6 Å². The first-order valence-corrected chi connectivity index (χ1v) is 10.7. The van der Waals surface area contributed by atoms with Crippen molar-refractivity contribution in [2.75, 3.05) is 0 Å². The standard InChI is InChI=1S/C26H18O8/c27-23-11-7-15-5-9-19(13-21(15)33-23)31-25(29)17-1-2-18(4-3-17)26(30)32-20-10-6-16-8-12-24(28)34-22(16)14-20/h1-6,9-10,13-14H,7-8,11-12H2. The van der Waals surface area contributed by atoms with Crippen molar-refractivity contribution in [3.8, 4) is 23.0 Å². The van der Waals surface area contributed by atoms with Crippen molar-refractivity contribution in [2.24, 2.45) is 0 Å². The van der Waals surface area contributed by atoms with Gasteiger partial charge in [-0.15, -0.1) is 0 Å². The predicted octanol–water partition coefficient (Wildman–Crippen LogP) is 3.83. The Labute approximate surface area is 194 Å². The first-order valence-electron chi connectivity index (χ1n) is 10.7. The van der Waals surface area contributed by atoms with E-state index in [1.165, 1.54) is 36.4 Å². The zero-order chi connectivity index (χ0) is 23.7. The third-order valence-electron chi connectivity index (χ3n) is 5.50. The lowest BCUT2D eigenvalue weighted by atomic mass is 10.1. The van der Waals surface area contributed by atoms with Gasteiger partial charge in [0.1, 0.15) is 23.0 Å². The predicted molar refractivity (Wildman–Crippen MR) is 117 cm³/mol. The summed E-state index contributed by atoms with van der Waals surface area (Å²) < 4.78 is 21.1. The molecule has 0 saturated carbocycles. The molecule has 2 heterocycles. The number of benzene rings is 3. The molecule has 0 saturated heterocycles. The fraction of sp³-hybridized carbons (Fsp3) is 0.154. The molecule has 0 amide bonds. The molecule has 0 fully saturated rings. The number of hydrogen-bond acceptors (Lipinski definition) is 8. The van der Waals surface area contributed by atoms with Crippen molar-refractivity contribution >= 4 is 23.9 Å². The minimum atomic E-state index is -0.626. The Morgan fingerprint density at radius 2 is 1.00 bits per heavy atom. The van der Waals surface area contributed by atoms with Crippen molar-refractivity contribution in [3.05, 3.63) is 82.9 Å². The van der Waals surface area contributed by atoms with Crippen LogP contribution < -0.4 is 18.9 Å². The Morgan fingerprint density at radius 3 is 1.41 bits per heavy atom. The zero-order valence-electron chi connectivity index (χ0n) is 17.9. The SMILES string of the molecule is O=C1CCc2ccc(OC(=O)c3ccc(C(=O)Oc4ccc5c(c4)OC(=O)CC5)cc3)cc2O1. The lowest BCUT2D eigenvalue weighted by Gasteiger charge is -2.16. The molecule has 0 unspecified atom stereocenters. The summed E-state index contributed by atoms with van der Waals surface area (Å²) in [7, 11) is 0. The van der Waals surface area contributed by atoms with Crippen LogP contribution in [0.1, 0.15) is 44.7 Å². The number of ether oxygens (including phenoxy) is 4. The summed E-state index contributed by atoms with van der Waals surface area (Å²) in [5.74, 6) is -0.639. The van der Waals surface area contributed by atoms with E-state index < -0.39 is 11.9 Å². The highest BCUT2D eigenvalue weighted by Gasteiger charge is 2.20. The highest BCUT2D eigenvalue weighted by molar-refractivity contribution is 5.95. The normalized spacial score (nSPS) is 14.2. The van der Waals surface area contributed by atoms with Gasteiger partial charge < -0.3 is 18.9 Å². The minimum absolute atomic E-state index is 0.229. The summed E-state index contributed by atoms with van der Waals surface area (Å²) in [5, 5.41) is 0. The lowest BCUT2D eigenvalue weighted by molar-refractivity contribution is -0.136. The summed E-state index contributed by atoms with van der Waals surface area (Å²) in [6.45, 7) is 0. The van der Waals surface area contributed by atoms with Gasteiger partial charge in [0.05, 0.1) is 24.0 Å². The van der Waals surface area contributed by atoms with E-state index in [2.05, 4.69) is 0 Å². The van der Waals surface area contributed by atoms with Crippen LogP contribution in [-0.2, 0) is 22.4 Å². The van der Waals surface area contributed by atoms with Gasteiger partial charge in [0.2, 0.25) is 0 Å². The van der Waals surface area contributed by atoms with Crippen molar-refractivity contribution < 1.29 is 38.1 Å². The molecule has 0 bridgehead atoms. The number of esters is 4. The van der Waals surface area contributed by atoms with Crippen molar-refractivity contribution in [1.29, 1.82) is 0 Å². The van der Waals surface area contributed by atoms with Crippen LogP contribution >= 0.6 is 0 Å². The Morgan fingerprint density at radius 1 is 0.588 bits per heavy atom. The summed E-state index contributed by atoms with van der Waals surface area (Å²) in [6.07, 6.45) is 1.80. The Bertz CT molecular complexity index is 1220. The second kappa shape index (κ2) is 8.82. The van der Waals surface area contributed by atoms with E-state index in [1.54, 1.807) is 24.3 Å². The van der Waals surface area contributed by atoms with Crippen LogP contribution in [0.2, 0.25) is 0 Å². The first-order chi connectivity index (χ1) is 16.4. The second-order valence-corrected chi connectivity index (χ2v) is 7.84. The third kappa shape index (κ3) is 4.52. The van der Waals surface area contributed by atoms with E-state index in [4.69, 9.17) is 18.9 Å². The number of carbonyl (C=O) groups is 4. The lowest BCUT2D eigenvalue weighted by Crippen LogP contribution is -2.16. The van der Waals surface area contributed by atoms with Crippen LogP contribution in [0, 0.1) is 0 Å². The molecule has 8 heteroatoms. The van der Waals surface area contributed by atoms with Gasteiger partial charge in [-0.3, -0.25) is 9.59 Å². The summed E-state index contributed by atoms with van der Waals surface area (Å²) in [5.41, 5.74) is 2.21. The molecule has 2 aliphatic heterocycles. The van der Waals surface area contributed by atoms with Gasteiger partial charge in [-0.05, 0) is 60.4 Å². The molecule has 0 atom stereocenters. The van der Waals surface area contributed by atoms with Gasteiger partial charge >= 0.3 is 23.9 Å². The van der Waals surface area contributed by atoms with Gasteiger partial charge in [0.15, 0.2) is 0 Å². The summed E-state index contributed by atoms with van der Waals surface area (Å²) in [6, 6.07) is 15.6. The number of fused-ring (bicyclic) bond motifs is 2. The highest BCUT2D eigenvalue weighted by atomic mass is 16.6. The van der Waals surface area contributed by atoms with E-state index >= 15 is 0 Å². The van der Waals surface area contributed by atoms with Crippen LogP contribution in [0.5, 0.6) is 23.0 Å². The molecule has 170 valence electrons. The molecule has 0 radical (unpaired) electrons. The monoisotopic (exact) mass is 458 g/mol. The molecular formula is C26H18O8. The molecular weight excluding hydrogens is 440 g/mol. The number of aryl methyl sites for hydroxylation is 2. The van der Waals surface area contributed by atoms with Crippen LogP contribution in [0.25, 0.3) is 0 Å². The van der Waals surface area contributed by atoms with E-state index in [0.717, 1.165) is 11.1 Å². The average molecular weight is 458 g/mol. The maximum absolute atomic E-state index is 12.5. The highest BCUT2D eigenvalue weighted by Crippen LogP contribution is 2.31. The molecule has 0 aliphatic carbocycles. The van der Waals surface area contributed by atoms with E-state index in [0.29, 0.717) is 37.2 Å². The van der Waals surface area contributed by atoms with E-state index in [1.807, 2.05) is 0 Å². The molecule has 5 rings (SSSR count). The Balaban J connectivity index is 1.24. The smallest absolute Gasteiger partial charge is 0.343 e. The van der Waals surface area contributed by atoms with E-state index in [9.17, 15) is 19.2 Å². The molecule has 0 N–H and O–H groups in total. The summed E-state index contributed by atoms with van der Waals surface area (Å²) >= 11 is 0. The van der Waals surface area contributed by atoms with Crippen LogP contribution in [0.4, 0.5) is 0 Å².